The number of fused-ring (bicyclic) bond motifs is 1. The first kappa shape index (κ1) is 29.7. The summed E-state index contributed by atoms with van der Waals surface area (Å²) in [4.78, 5) is 57.3. The third-order valence-corrected chi connectivity index (χ3v) is 9.39. The SMILES string of the molecule is O=C1NC(=Nc2ccc(C(=O)O)cc2)S/C1=C\c1ccc(Sc2nc3ccc(NC(=O)c4ccccc4)cc3s2)c([N+](=O)[O-])c1. The Morgan fingerprint density at radius 2 is 1.78 bits per heavy atom. The minimum Gasteiger partial charge on any atom is -0.478 e. The number of nitro benzene ring substituents is 1. The van der Waals surface area contributed by atoms with Crippen LogP contribution in [0.4, 0.5) is 17.1 Å². The Balaban J connectivity index is 1.18. The normalized spacial score (nSPS) is 14.5. The van der Waals surface area contributed by atoms with Crippen LogP contribution >= 0.6 is 34.9 Å². The first-order valence-electron chi connectivity index (χ1n) is 13.1. The Kier molecular flexibility index (Phi) is 8.42. The molecule has 0 aliphatic carbocycles. The van der Waals surface area contributed by atoms with Crippen LogP contribution in [0.2, 0.25) is 0 Å². The zero-order valence-corrected chi connectivity index (χ0v) is 25.2. The highest BCUT2D eigenvalue weighted by atomic mass is 32.2. The fourth-order valence-corrected chi connectivity index (χ4v) is 7.18. The van der Waals surface area contributed by atoms with Gasteiger partial charge in [-0.1, -0.05) is 36.0 Å². The standard InChI is InChI=1S/C31H19N5O6S3/c37-27(18-4-2-1-3-5-18)32-21-11-12-22-25(16-21)45-31(34-22)44-24-13-6-17(14-23(24)36(41)42)15-26-28(38)35-30(43-26)33-20-9-7-19(8-10-20)29(39)40/h1-16H,(H,32,37)(H,39,40)(H,33,35,38)/b26-15-. The molecule has 3 N–H and O–H groups in total. The predicted molar refractivity (Wildman–Crippen MR) is 175 cm³/mol. The van der Waals surface area contributed by atoms with E-state index in [1.54, 1.807) is 54.6 Å². The van der Waals surface area contributed by atoms with Crippen LogP contribution in [0.3, 0.4) is 0 Å². The van der Waals surface area contributed by atoms with E-state index in [1.807, 2.05) is 12.1 Å². The van der Waals surface area contributed by atoms with Crippen LogP contribution in [0.5, 0.6) is 0 Å². The van der Waals surface area contributed by atoms with Gasteiger partial charge in [0.2, 0.25) is 0 Å². The van der Waals surface area contributed by atoms with E-state index in [1.165, 1.54) is 41.7 Å². The minimum absolute atomic E-state index is 0.118. The number of carboxylic acids is 1. The second kappa shape index (κ2) is 12.7. The number of thioether (sulfide) groups is 1. The van der Waals surface area contributed by atoms with Crippen LogP contribution in [0.25, 0.3) is 16.3 Å². The van der Waals surface area contributed by atoms with Gasteiger partial charge in [-0.15, -0.1) is 11.3 Å². The molecule has 0 bridgehead atoms. The molecule has 11 nitrogen and oxygen atoms in total. The third kappa shape index (κ3) is 6.93. The molecule has 2 heterocycles. The van der Waals surface area contributed by atoms with Gasteiger partial charge in [0.05, 0.1) is 36.2 Å². The van der Waals surface area contributed by atoms with Gasteiger partial charge in [-0.3, -0.25) is 19.7 Å². The number of amidine groups is 1. The summed E-state index contributed by atoms with van der Waals surface area (Å²) >= 11 is 3.58. The van der Waals surface area contributed by atoms with Crippen molar-refractivity contribution in [3.8, 4) is 0 Å². The summed E-state index contributed by atoms with van der Waals surface area (Å²) in [5.41, 5.74) is 2.74. The van der Waals surface area contributed by atoms with E-state index in [0.29, 0.717) is 47.3 Å². The van der Waals surface area contributed by atoms with Gasteiger partial charge in [0.25, 0.3) is 17.5 Å². The second-order valence-corrected chi connectivity index (χ2v) is 12.8. The number of nitrogens with one attached hydrogen (secondary N) is 2. The van der Waals surface area contributed by atoms with Crippen LogP contribution in [0.15, 0.2) is 110 Å². The van der Waals surface area contributed by atoms with Gasteiger partial charge < -0.3 is 15.7 Å². The van der Waals surface area contributed by atoms with Crippen molar-refractivity contribution < 1.29 is 24.4 Å². The Hall–Kier alpha value is -5.31. The van der Waals surface area contributed by atoms with E-state index < -0.39 is 16.8 Å². The van der Waals surface area contributed by atoms with Crippen molar-refractivity contribution in [3.05, 3.63) is 123 Å². The highest BCUT2D eigenvalue weighted by molar-refractivity contribution is 8.18. The van der Waals surface area contributed by atoms with Crippen LogP contribution in [-0.2, 0) is 4.79 Å². The second-order valence-electron chi connectivity index (χ2n) is 9.40. The quantitative estimate of drug-likeness (QED) is 0.0892. The number of aliphatic imine (C=N–C) groups is 1. The number of aromatic nitrogens is 1. The smallest absolute Gasteiger partial charge is 0.335 e. The van der Waals surface area contributed by atoms with E-state index in [4.69, 9.17) is 5.11 Å². The average molecular weight is 654 g/mol. The Bertz CT molecular complexity index is 2060. The molecule has 222 valence electrons. The number of carbonyl (C=O) groups excluding carboxylic acids is 2. The molecule has 0 unspecified atom stereocenters. The number of anilines is 1. The zero-order valence-electron chi connectivity index (χ0n) is 22.8. The molecule has 1 fully saturated rings. The van der Waals surface area contributed by atoms with Crippen molar-refractivity contribution >= 4 is 91.2 Å². The van der Waals surface area contributed by atoms with Gasteiger partial charge in [-0.25, -0.2) is 14.8 Å². The number of aromatic carboxylic acids is 1. The summed E-state index contributed by atoms with van der Waals surface area (Å²) in [5, 5.41) is 26.9. The molecule has 45 heavy (non-hydrogen) atoms. The van der Waals surface area contributed by atoms with Gasteiger partial charge >= 0.3 is 5.97 Å². The maximum atomic E-state index is 12.6. The Morgan fingerprint density at radius 1 is 1.00 bits per heavy atom. The molecular weight excluding hydrogens is 635 g/mol. The molecule has 1 aliphatic heterocycles. The minimum atomic E-state index is -1.05. The number of nitrogens with zero attached hydrogens (tertiary/aromatic N) is 3. The molecule has 1 aliphatic rings. The average Bonchev–Trinajstić information content (AvgIpc) is 3.59. The number of hydrogen-bond acceptors (Lipinski definition) is 10. The first-order chi connectivity index (χ1) is 21.7. The summed E-state index contributed by atoms with van der Waals surface area (Å²) in [5.74, 6) is -1.69. The molecular formula is C31H19N5O6S3. The monoisotopic (exact) mass is 653 g/mol. The molecule has 6 rings (SSSR count). The fraction of sp³-hybridized carbons (Fsp3) is 0. The lowest BCUT2D eigenvalue weighted by Crippen LogP contribution is -2.19. The molecule has 4 aromatic carbocycles. The topological polar surface area (TPSA) is 164 Å². The van der Waals surface area contributed by atoms with Gasteiger partial charge in [0, 0.05) is 17.3 Å². The van der Waals surface area contributed by atoms with Crippen LogP contribution in [0, 0.1) is 10.1 Å². The van der Waals surface area contributed by atoms with Crippen LogP contribution < -0.4 is 10.6 Å². The molecule has 2 amide bonds. The number of benzene rings is 4. The summed E-state index contributed by atoms with van der Waals surface area (Å²) < 4.78 is 1.40. The number of carboxylic acid groups (broad SMARTS) is 1. The molecule has 0 atom stereocenters. The summed E-state index contributed by atoms with van der Waals surface area (Å²) in [6.45, 7) is 0. The van der Waals surface area contributed by atoms with Crippen molar-refractivity contribution in [2.75, 3.05) is 5.32 Å². The van der Waals surface area contributed by atoms with Gasteiger partial charge in [0.1, 0.15) is 0 Å². The molecule has 0 spiro atoms. The summed E-state index contributed by atoms with van der Waals surface area (Å²) in [6, 6.07) is 24.8. The highest BCUT2D eigenvalue weighted by Crippen LogP contribution is 2.40. The van der Waals surface area contributed by atoms with E-state index in [0.717, 1.165) is 28.2 Å². The van der Waals surface area contributed by atoms with Crippen molar-refractivity contribution in [2.45, 2.75) is 9.24 Å². The van der Waals surface area contributed by atoms with Gasteiger partial charge in [0.15, 0.2) is 9.51 Å². The Morgan fingerprint density at radius 3 is 2.51 bits per heavy atom. The van der Waals surface area contributed by atoms with Crippen molar-refractivity contribution in [3.63, 3.8) is 0 Å². The summed E-state index contributed by atoms with van der Waals surface area (Å²) in [6.07, 6.45) is 1.54. The predicted octanol–water partition coefficient (Wildman–Crippen LogP) is 7.20. The molecule has 0 radical (unpaired) electrons. The lowest BCUT2D eigenvalue weighted by Gasteiger charge is -2.04. The maximum absolute atomic E-state index is 12.6. The molecule has 5 aromatic rings. The maximum Gasteiger partial charge on any atom is 0.335 e. The molecule has 0 saturated carbocycles. The largest absolute Gasteiger partial charge is 0.478 e. The van der Waals surface area contributed by atoms with E-state index in [2.05, 4.69) is 20.6 Å². The highest BCUT2D eigenvalue weighted by Gasteiger charge is 2.25. The van der Waals surface area contributed by atoms with Crippen LogP contribution in [0.1, 0.15) is 26.3 Å². The van der Waals surface area contributed by atoms with Crippen molar-refractivity contribution in [1.82, 2.24) is 10.3 Å². The van der Waals surface area contributed by atoms with E-state index in [-0.39, 0.29) is 17.2 Å². The fourth-order valence-electron chi connectivity index (χ4n) is 4.19. The van der Waals surface area contributed by atoms with Crippen molar-refractivity contribution in [2.24, 2.45) is 4.99 Å². The molecule has 1 aromatic heterocycles. The lowest BCUT2D eigenvalue weighted by molar-refractivity contribution is -0.387. The number of nitro groups is 1. The molecule has 14 heteroatoms. The number of hydrogen-bond donors (Lipinski definition) is 3. The van der Waals surface area contributed by atoms with Gasteiger partial charge in [-0.05, 0) is 84.1 Å². The van der Waals surface area contributed by atoms with Crippen LogP contribution in [-0.4, -0.2) is 38.0 Å². The zero-order chi connectivity index (χ0) is 31.5. The van der Waals surface area contributed by atoms with E-state index in [9.17, 15) is 24.5 Å². The van der Waals surface area contributed by atoms with E-state index >= 15 is 0 Å². The number of rotatable bonds is 8. The third-order valence-electron chi connectivity index (χ3n) is 6.33. The Labute approximate surface area is 267 Å². The number of amides is 2. The number of thiazole rings is 1. The number of carbonyl (C=O) groups is 3. The molecule has 1 saturated heterocycles. The lowest BCUT2D eigenvalue weighted by atomic mass is 10.2. The first-order valence-corrected chi connectivity index (χ1v) is 15.5. The van der Waals surface area contributed by atoms with Crippen molar-refractivity contribution in [1.29, 1.82) is 0 Å². The summed E-state index contributed by atoms with van der Waals surface area (Å²) in [7, 11) is 0. The van der Waals surface area contributed by atoms with Gasteiger partial charge in [-0.2, -0.15) is 0 Å².